The molecule has 0 bridgehead atoms. The van der Waals surface area contributed by atoms with Crippen LogP contribution in [0.2, 0.25) is 0 Å². The van der Waals surface area contributed by atoms with E-state index in [4.69, 9.17) is 5.73 Å². The summed E-state index contributed by atoms with van der Waals surface area (Å²) in [6, 6.07) is 7.62. The Bertz CT molecular complexity index is 354. The number of nitrogens with zero attached hydrogens (tertiary/aromatic N) is 1. The summed E-state index contributed by atoms with van der Waals surface area (Å²) in [6.07, 6.45) is 0. The van der Waals surface area contributed by atoms with E-state index < -0.39 is 0 Å². The molecule has 4 heteroatoms. The Morgan fingerprint density at radius 1 is 1.31 bits per heavy atom. The number of rotatable bonds is 1. The van der Waals surface area contributed by atoms with E-state index in [1.54, 1.807) is 4.90 Å². The fraction of sp³-hybridized carbons (Fsp3) is 0.111. The van der Waals surface area contributed by atoms with Gasteiger partial charge in [-0.1, -0.05) is 0 Å². The van der Waals surface area contributed by atoms with Gasteiger partial charge in [-0.25, -0.2) is 0 Å². The number of carbonyl (C=O) groups excluding carboxylic acids is 1. The first-order valence-electron chi connectivity index (χ1n) is 3.91. The second-order valence-electron chi connectivity index (χ2n) is 2.77. The molecule has 0 saturated carbocycles. The number of benzene rings is 1. The van der Waals surface area contributed by atoms with Crippen LogP contribution in [-0.2, 0) is 19.4 Å². The summed E-state index contributed by atoms with van der Waals surface area (Å²) in [4.78, 5) is 13.3. The molecule has 2 N–H and O–H groups in total. The van der Waals surface area contributed by atoms with Crippen molar-refractivity contribution in [3.05, 3.63) is 35.4 Å². The topological polar surface area (TPSA) is 46.3 Å². The molecule has 0 spiro atoms. The minimum atomic E-state index is 0.0306. The minimum absolute atomic E-state index is 0.0306. The van der Waals surface area contributed by atoms with Crippen molar-refractivity contribution in [2.24, 2.45) is 5.73 Å². The summed E-state index contributed by atoms with van der Waals surface area (Å²) in [7, 11) is 0. The molecule has 3 nitrogen and oxygen atoms in total. The van der Waals surface area contributed by atoms with Gasteiger partial charge in [0.1, 0.15) is 0 Å². The first-order valence-corrected chi connectivity index (χ1v) is 5.37. The Labute approximate surface area is 86.9 Å². The van der Waals surface area contributed by atoms with Crippen LogP contribution in [0.15, 0.2) is 24.3 Å². The Morgan fingerprint density at radius 3 is 2.46 bits per heavy atom. The number of carbonyl (C=O) groups is 1. The molecule has 0 radical (unpaired) electrons. The third-order valence-electron chi connectivity index (χ3n) is 2.06. The summed E-state index contributed by atoms with van der Waals surface area (Å²) in [5, 5.41) is 0. The average Bonchev–Trinajstić information content (AvgIpc) is 2.41. The first-order chi connectivity index (χ1) is 6.25. The third-order valence-corrected chi connectivity index (χ3v) is 3.64. The predicted molar refractivity (Wildman–Crippen MR) is 45.8 cm³/mol. The van der Waals surface area contributed by atoms with E-state index in [2.05, 4.69) is 0 Å². The summed E-state index contributed by atoms with van der Waals surface area (Å²) < 4.78 is 1.03. The summed E-state index contributed by atoms with van der Waals surface area (Å²) in [5.74, 6) is 0.0306. The number of fused-ring (bicyclic) bond motifs is 1. The molecule has 13 heavy (non-hydrogen) atoms. The Hall–Kier alpha value is -0.792. The van der Waals surface area contributed by atoms with Crippen molar-refractivity contribution in [1.82, 2.24) is 4.90 Å². The summed E-state index contributed by atoms with van der Waals surface area (Å²) >= 11 is 1.28. The second-order valence-corrected chi connectivity index (χ2v) is 4.16. The van der Waals surface area contributed by atoms with Gasteiger partial charge in [0.15, 0.2) is 0 Å². The van der Waals surface area contributed by atoms with E-state index in [1.165, 1.54) is 19.4 Å². The SMILES string of the molecule is NCN1C(=O)c2ccccc2[C]1=[W]. The molecule has 1 amide bonds. The Kier molecular flexibility index (Phi) is 2.14. The molecule has 0 atom stereocenters. The molecule has 0 aliphatic carbocycles. The second kappa shape index (κ2) is 3.17. The van der Waals surface area contributed by atoms with Crippen molar-refractivity contribution >= 4 is 9.93 Å². The van der Waals surface area contributed by atoms with Gasteiger partial charge in [-0.15, -0.1) is 0 Å². The maximum atomic E-state index is 11.7. The van der Waals surface area contributed by atoms with Crippen molar-refractivity contribution < 1.29 is 24.1 Å². The van der Waals surface area contributed by atoms with Crippen LogP contribution in [0.5, 0.6) is 0 Å². The average molecular weight is 344 g/mol. The Balaban J connectivity index is 2.57. The molecule has 0 aromatic heterocycles. The van der Waals surface area contributed by atoms with Gasteiger partial charge in [0.25, 0.3) is 0 Å². The molecule has 0 fully saturated rings. The van der Waals surface area contributed by atoms with Gasteiger partial charge in [0.2, 0.25) is 0 Å². The quantitative estimate of drug-likeness (QED) is 0.785. The van der Waals surface area contributed by atoms with Crippen molar-refractivity contribution in [2.45, 2.75) is 0 Å². The molecule has 1 aromatic rings. The van der Waals surface area contributed by atoms with Gasteiger partial charge in [-0.3, -0.25) is 0 Å². The number of nitrogens with two attached hydrogens (primary N) is 1. The number of amides is 1. The van der Waals surface area contributed by atoms with Gasteiger partial charge in [-0.05, 0) is 0 Å². The van der Waals surface area contributed by atoms with Crippen LogP contribution in [0.1, 0.15) is 15.9 Å². The first kappa shape index (κ1) is 8.79. The van der Waals surface area contributed by atoms with Crippen LogP contribution in [0.3, 0.4) is 0 Å². The molecule has 1 heterocycles. The van der Waals surface area contributed by atoms with Crippen molar-refractivity contribution in [3.63, 3.8) is 0 Å². The van der Waals surface area contributed by atoms with Gasteiger partial charge in [-0.2, -0.15) is 0 Å². The molecule has 2 rings (SSSR count). The van der Waals surface area contributed by atoms with Crippen molar-refractivity contribution in [2.75, 3.05) is 6.67 Å². The molecule has 1 aliphatic heterocycles. The monoisotopic (exact) mass is 344 g/mol. The fourth-order valence-corrected chi connectivity index (χ4v) is 2.61. The zero-order valence-electron chi connectivity index (χ0n) is 6.86. The summed E-state index contributed by atoms with van der Waals surface area (Å²) in [6.45, 7) is 0.270. The number of hydrogen-bond donors (Lipinski definition) is 1. The van der Waals surface area contributed by atoms with Crippen LogP contribution in [0.4, 0.5) is 0 Å². The molecule has 1 aliphatic rings. The molecular weight excluding hydrogens is 336 g/mol. The fourth-order valence-electron chi connectivity index (χ4n) is 1.40. The number of hydrogen-bond acceptors (Lipinski definition) is 2. The molecular formula is C9H8N2OW. The van der Waals surface area contributed by atoms with Gasteiger partial charge in [0.05, 0.1) is 0 Å². The molecule has 66 valence electrons. The summed E-state index contributed by atoms with van der Waals surface area (Å²) in [5.41, 5.74) is 7.30. The van der Waals surface area contributed by atoms with E-state index in [0.717, 1.165) is 15.1 Å². The van der Waals surface area contributed by atoms with Crippen LogP contribution in [0, 0.1) is 0 Å². The predicted octanol–water partition coefficient (Wildman–Crippen LogP) is 0.0834. The van der Waals surface area contributed by atoms with Gasteiger partial charge < -0.3 is 0 Å². The van der Waals surface area contributed by atoms with Crippen molar-refractivity contribution in [3.8, 4) is 0 Å². The van der Waals surface area contributed by atoms with E-state index in [0.29, 0.717) is 0 Å². The van der Waals surface area contributed by atoms with E-state index in [-0.39, 0.29) is 12.6 Å². The van der Waals surface area contributed by atoms with E-state index in [9.17, 15) is 4.79 Å². The Morgan fingerprint density at radius 2 is 1.92 bits per heavy atom. The maximum absolute atomic E-state index is 11.7. The zero-order valence-corrected chi connectivity index (χ0v) is 9.79. The zero-order chi connectivity index (χ0) is 9.42. The van der Waals surface area contributed by atoms with Crippen LogP contribution < -0.4 is 5.73 Å². The van der Waals surface area contributed by atoms with Gasteiger partial charge in [0, 0.05) is 0 Å². The van der Waals surface area contributed by atoms with E-state index >= 15 is 0 Å². The third kappa shape index (κ3) is 1.19. The van der Waals surface area contributed by atoms with Crippen LogP contribution in [0.25, 0.3) is 0 Å². The molecule has 0 unspecified atom stereocenters. The van der Waals surface area contributed by atoms with Crippen LogP contribution in [-0.4, -0.2) is 21.5 Å². The van der Waals surface area contributed by atoms with Crippen LogP contribution >= 0.6 is 0 Å². The molecule has 1 aromatic carbocycles. The van der Waals surface area contributed by atoms with Gasteiger partial charge >= 0.3 is 86.8 Å². The van der Waals surface area contributed by atoms with Crippen molar-refractivity contribution in [1.29, 1.82) is 0 Å². The standard InChI is InChI=1S/C9H8N2O.W/c10-6-11-5-7-3-1-2-4-8(7)9(11)12;/h1-4H,6,10H2;. The molecule has 0 saturated heterocycles. The van der Waals surface area contributed by atoms with E-state index in [1.807, 2.05) is 24.3 Å². The normalized spacial score (nSPS) is 15.0.